The summed E-state index contributed by atoms with van der Waals surface area (Å²) in [5.74, 6) is 2.00. The number of nitrogens with zero attached hydrogens (tertiary/aromatic N) is 3. The summed E-state index contributed by atoms with van der Waals surface area (Å²) in [5.41, 5.74) is 2.74. The molecule has 1 saturated carbocycles. The van der Waals surface area contributed by atoms with Crippen LogP contribution in [0, 0.1) is 13.8 Å². The highest BCUT2D eigenvalue weighted by Crippen LogP contribution is 2.36. The van der Waals surface area contributed by atoms with Gasteiger partial charge in [0.2, 0.25) is 5.91 Å². The molecular formula is C20H23N5O3. The molecule has 3 aromatic heterocycles. The molecule has 3 heterocycles. The summed E-state index contributed by atoms with van der Waals surface area (Å²) in [6, 6.07) is 7.54. The number of carbonyl (C=O) groups excluding carboxylic acids is 1. The minimum absolute atomic E-state index is 0.132. The number of pyridine rings is 1. The number of aromatic nitrogens is 4. The van der Waals surface area contributed by atoms with Gasteiger partial charge in [0.1, 0.15) is 11.5 Å². The van der Waals surface area contributed by atoms with E-state index in [4.69, 9.17) is 9.26 Å². The van der Waals surface area contributed by atoms with Crippen LogP contribution >= 0.6 is 0 Å². The maximum Gasteiger partial charge on any atom is 0.233 e. The fourth-order valence-corrected chi connectivity index (χ4v) is 3.50. The summed E-state index contributed by atoms with van der Waals surface area (Å²) in [5, 5.41) is 13.8. The van der Waals surface area contributed by atoms with Gasteiger partial charge in [0, 0.05) is 29.4 Å². The number of amides is 1. The Morgan fingerprint density at radius 3 is 2.93 bits per heavy atom. The zero-order valence-electron chi connectivity index (χ0n) is 15.9. The zero-order valence-corrected chi connectivity index (χ0v) is 15.9. The molecule has 8 nitrogen and oxygen atoms in total. The van der Waals surface area contributed by atoms with Crippen LogP contribution in [0.4, 0.5) is 5.82 Å². The van der Waals surface area contributed by atoms with Crippen LogP contribution in [-0.2, 0) is 11.2 Å². The average Bonchev–Trinajstić information content (AvgIpc) is 3.39. The molecule has 0 aromatic carbocycles. The van der Waals surface area contributed by atoms with E-state index in [1.165, 1.54) is 0 Å². The van der Waals surface area contributed by atoms with Crippen molar-refractivity contribution in [1.82, 2.24) is 20.3 Å². The summed E-state index contributed by atoms with van der Waals surface area (Å²) >= 11 is 0. The molecule has 146 valence electrons. The molecule has 4 rings (SSSR count). The zero-order chi connectivity index (χ0) is 19.5. The molecule has 1 aliphatic carbocycles. The lowest BCUT2D eigenvalue weighted by atomic mass is 10.0. The lowest BCUT2D eigenvalue weighted by molar-refractivity contribution is -0.115. The topological polar surface area (TPSA) is 106 Å². The van der Waals surface area contributed by atoms with Crippen molar-refractivity contribution in [2.75, 3.05) is 5.32 Å². The van der Waals surface area contributed by atoms with Gasteiger partial charge in [-0.05, 0) is 45.2 Å². The SMILES string of the molecule is Cc1ccc(O[C@@H]2CC[C@H](c3cc(NC(=O)Cc4cc(C)no4)n[nH]3)C2)cn1. The second-order valence-electron chi connectivity index (χ2n) is 7.25. The summed E-state index contributed by atoms with van der Waals surface area (Å²) < 4.78 is 11.1. The number of anilines is 1. The van der Waals surface area contributed by atoms with E-state index in [9.17, 15) is 4.79 Å². The molecule has 0 unspecified atom stereocenters. The normalized spacial score (nSPS) is 18.9. The molecule has 2 N–H and O–H groups in total. The van der Waals surface area contributed by atoms with E-state index in [0.29, 0.717) is 17.5 Å². The smallest absolute Gasteiger partial charge is 0.233 e. The van der Waals surface area contributed by atoms with Gasteiger partial charge in [0.25, 0.3) is 0 Å². The highest BCUT2D eigenvalue weighted by atomic mass is 16.5. The third kappa shape index (κ3) is 4.39. The van der Waals surface area contributed by atoms with E-state index in [0.717, 1.165) is 42.1 Å². The Morgan fingerprint density at radius 2 is 2.18 bits per heavy atom. The Kier molecular flexibility index (Phi) is 5.10. The number of H-pyrrole nitrogens is 1. The molecule has 0 bridgehead atoms. The van der Waals surface area contributed by atoms with Crippen LogP contribution in [0.25, 0.3) is 0 Å². The molecule has 0 aliphatic heterocycles. The van der Waals surface area contributed by atoms with Gasteiger partial charge < -0.3 is 14.6 Å². The van der Waals surface area contributed by atoms with Crippen LogP contribution in [0.15, 0.2) is 35.0 Å². The molecule has 28 heavy (non-hydrogen) atoms. The minimum Gasteiger partial charge on any atom is -0.489 e. The van der Waals surface area contributed by atoms with Crippen molar-refractivity contribution in [1.29, 1.82) is 0 Å². The first-order chi connectivity index (χ1) is 13.5. The summed E-state index contributed by atoms with van der Waals surface area (Å²) in [6.07, 6.45) is 4.95. The number of nitrogens with one attached hydrogen (secondary N) is 2. The van der Waals surface area contributed by atoms with Gasteiger partial charge in [0.05, 0.1) is 24.4 Å². The van der Waals surface area contributed by atoms with Crippen molar-refractivity contribution in [2.24, 2.45) is 0 Å². The van der Waals surface area contributed by atoms with Gasteiger partial charge in [-0.25, -0.2) is 0 Å². The second kappa shape index (κ2) is 7.84. The Morgan fingerprint density at radius 1 is 1.29 bits per heavy atom. The fraction of sp³-hybridized carbons (Fsp3) is 0.400. The maximum absolute atomic E-state index is 12.1. The van der Waals surface area contributed by atoms with Crippen molar-refractivity contribution >= 4 is 11.7 Å². The van der Waals surface area contributed by atoms with Crippen LogP contribution in [0.3, 0.4) is 0 Å². The highest BCUT2D eigenvalue weighted by Gasteiger charge is 2.29. The van der Waals surface area contributed by atoms with Gasteiger partial charge in [0.15, 0.2) is 5.82 Å². The van der Waals surface area contributed by atoms with E-state index in [1.807, 2.05) is 32.0 Å². The Hall–Kier alpha value is -3.16. The van der Waals surface area contributed by atoms with Gasteiger partial charge in [-0.2, -0.15) is 5.10 Å². The lowest BCUT2D eigenvalue weighted by Crippen LogP contribution is -2.14. The Balaban J connectivity index is 1.30. The van der Waals surface area contributed by atoms with E-state index in [1.54, 1.807) is 12.3 Å². The summed E-state index contributed by atoms with van der Waals surface area (Å²) in [6.45, 7) is 3.77. The number of carbonyl (C=O) groups is 1. The second-order valence-corrected chi connectivity index (χ2v) is 7.25. The number of aromatic amines is 1. The Bertz CT molecular complexity index is 947. The first-order valence-corrected chi connectivity index (χ1v) is 9.42. The molecule has 0 saturated heterocycles. The molecule has 1 fully saturated rings. The molecule has 1 aliphatic rings. The molecule has 0 spiro atoms. The molecule has 0 radical (unpaired) electrons. The van der Waals surface area contributed by atoms with E-state index in [-0.39, 0.29) is 18.4 Å². The van der Waals surface area contributed by atoms with Crippen molar-refractivity contribution in [3.63, 3.8) is 0 Å². The number of aryl methyl sites for hydroxylation is 2. The molecule has 3 aromatic rings. The first kappa shape index (κ1) is 18.2. The monoisotopic (exact) mass is 381 g/mol. The predicted molar refractivity (Wildman–Crippen MR) is 102 cm³/mol. The predicted octanol–water partition coefficient (Wildman–Crippen LogP) is 3.31. The number of hydrogen-bond donors (Lipinski definition) is 2. The van der Waals surface area contributed by atoms with Crippen LogP contribution in [-0.4, -0.2) is 32.3 Å². The number of rotatable bonds is 6. The molecule has 1 amide bonds. The van der Waals surface area contributed by atoms with Crippen molar-refractivity contribution in [3.8, 4) is 5.75 Å². The Labute approximate surface area is 162 Å². The molecule has 2 atom stereocenters. The largest absolute Gasteiger partial charge is 0.489 e. The van der Waals surface area contributed by atoms with E-state index < -0.39 is 0 Å². The van der Waals surface area contributed by atoms with Gasteiger partial charge in [-0.1, -0.05) is 5.16 Å². The highest BCUT2D eigenvalue weighted by molar-refractivity contribution is 5.91. The molecular weight excluding hydrogens is 358 g/mol. The standard InChI is InChI=1S/C20H23N5O3/c1-12-3-5-16(11-21-12)27-15-6-4-14(8-15)18-10-19(24-23-18)22-20(26)9-17-7-13(2)25-28-17/h3,5,7,10-11,14-15H,4,6,8-9H2,1-2H3,(H2,22,23,24,26)/t14-,15+/m0/s1. The third-order valence-electron chi connectivity index (χ3n) is 4.89. The fourth-order valence-electron chi connectivity index (χ4n) is 3.50. The van der Waals surface area contributed by atoms with Crippen molar-refractivity contribution < 1.29 is 14.1 Å². The van der Waals surface area contributed by atoms with Crippen LogP contribution in [0.5, 0.6) is 5.75 Å². The summed E-state index contributed by atoms with van der Waals surface area (Å²) in [4.78, 5) is 16.4. The van der Waals surface area contributed by atoms with E-state index in [2.05, 4.69) is 25.7 Å². The quantitative estimate of drug-likeness (QED) is 0.678. The lowest BCUT2D eigenvalue weighted by Gasteiger charge is -2.13. The first-order valence-electron chi connectivity index (χ1n) is 9.42. The number of ether oxygens (including phenoxy) is 1. The van der Waals surface area contributed by atoms with Crippen LogP contribution in [0.2, 0.25) is 0 Å². The average molecular weight is 381 g/mol. The van der Waals surface area contributed by atoms with E-state index >= 15 is 0 Å². The number of hydrogen-bond acceptors (Lipinski definition) is 6. The van der Waals surface area contributed by atoms with Crippen LogP contribution < -0.4 is 10.1 Å². The van der Waals surface area contributed by atoms with Crippen LogP contribution in [0.1, 0.15) is 48.0 Å². The minimum atomic E-state index is -0.186. The van der Waals surface area contributed by atoms with Gasteiger partial charge in [-0.15, -0.1) is 0 Å². The van der Waals surface area contributed by atoms with Gasteiger partial charge in [-0.3, -0.25) is 14.9 Å². The third-order valence-corrected chi connectivity index (χ3v) is 4.89. The molecule has 8 heteroatoms. The summed E-state index contributed by atoms with van der Waals surface area (Å²) in [7, 11) is 0. The maximum atomic E-state index is 12.1. The van der Waals surface area contributed by atoms with Crippen molar-refractivity contribution in [3.05, 3.63) is 53.3 Å². The van der Waals surface area contributed by atoms with Gasteiger partial charge >= 0.3 is 0 Å². The van der Waals surface area contributed by atoms with Crippen molar-refractivity contribution in [2.45, 2.75) is 51.6 Å².